The van der Waals surface area contributed by atoms with E-state index in [9.17, 15) is 4.79 Å². The Morgan fingerprint density at radius 3 is 3.09 bits per heavy atom. The molecular formula is C17H21NO4. The molecule has 5 nitrogen and oxygen atoms in total. The van der Waals surface area contributed by atoms with Crippen molar-refractivity contribution in [1.29, 1.82) is 0 Å². The van der Waals surface area contributed by atoms with E-state index in [1.165, 1.54) is 0 Å². The Bertz CT molecular complexity index is 613. The number of hydrogen-bond donors (Lipinski definition) is 1. The molecule has 118 valence electrons. The zero-order chi connectivity index (χ0) is 15.7. The molecule has 0 amide bonds. The Hall–Kier alpha value is -2.01. The maximum absolute atomic E-state index is 11.1. The number of aliphatic carboxylic acids is 1. The van der Waals surface area contributed by atoms with Gasteiger partial charge in [-0.15, -0.1) is 0 Å². The predicted molar refractivity (Wildman–Crippen MR) is 83.3 cm³/mol. The van der Waals surface area contributed by atoms with Crippen LogP contribution in [0.25, 0.3) is 6.08 Å². The number of likely N-dealkylation sites (tertiary alicyclic amines) is 1. The highest BCUT2D eigenvalue weighted by Gasteiger charge is 2.42. The molecule has 2 unspecified atom stereocenters. The molecule has 1 spiro atoms. The van der Waals surface area contributed by atoms with Gasteiger partial charge in [0, 0.05) is 25.1 Å². The first-order valence-electron chi connectivity index (χ1n) is 7.65. The molecule has 0 bridgehead atoms. The van der Waals surface area contributed by atoms with Crippen LogP contribution in [0.1, 0.15) is 25.8 Å². The summed E-state index contributed by atoms with van der Waals surface area (Å²) in [5, 5.41) is 9.15. The van der Waals surface area contributed by atoms with Crippen molar-refractivity contribution in [1.82, 2.24) is 4.90 Å². The van der Waals surface area contributed by atoms with Gasteiger partial charge in [0.2, 0.25) is 0 Å². The first kappa shape index (κ1) is 14.9. The minimum atomic E-state index is -0.793. The van der Waals surface area contributed by atoms with Gasteiger partial charge in [-0.2, -0.15) is 0 Å². The Balaban J connectivity index is 1.77. The molecule has 1 saturated heterocycles. The largest absolute Gasteiger partial charge is 0.494 e. The Morgan fingerprint density at radius 1 is 1.55 bits per heavy atom. The number of benzene rings is 1. The van der Waals surface area contributed by atoms with Gasteiger partial charge in [-0.25, -0.2) is 0 Å². The van der Waals surface area contributed by atoms with E-state index in [0.29, 0.717) is 13.2 Å². The summed E-state index contributed by atoms with van der Waals surface area (Å²) < 4.78 is 11.7. The normalized spacial score (nSPS) is 24.8. The summed E-state index contributed by atoms with van der Waals surface area (Å²) in [5.74, 6) is 0.868. The van der Waals surface area contributed by atoms with E-state index >= 15 is 0 Å². The molecule has 3 rings (SSSR count). The molecular weight excluding hydrogens is 282 g/mol. The molecule has 1 aromatic rings. The van der Waals surface area contributed by atoms with Crippen LogP contribution in [0.15, 0.2) is 24.3 Å². The number of fused-ring (bicyclic) bond motifs is 1. The van der Waals surface area contributed by atoms with Crippen molar-refractivity contribution >= 4 is 12.0 Å². The van der Waals surface area contributed by atoms with Crippen molar-refractivity contribution in [3.63, 3.8) is 0 Å². The van der Waals surface area contributed by atoms with Crippen LogP contribution in [0.5, 0.6) is 11.5 Å². The van der Waals surface area contributed by atoms with Crippen LogP contribution < -0.4 is 9.47 Å². The number of rotatable bonds is 4. The van der Waals surface area contributed by atoms with Crippen LogP contribution in [0.2, 0.25) is 0 Å². The van der Waals surface area contributed by atoms with Crippen molar-refractivity contribution in [3.05, 3.63) is 29.8 Å². The van der Waals surface area contributed by atoms with Gasteiger partial charge in [0.15, 0.2) is 0 Å². The quantitative estimate of drug-likeness (QED) is 0.925. The van der Waals surface area contributed by atoms with E-state index in [2.05, 4.69) is 12.2 Å². The van der Waals surface area contributed by atoms with Gasteiger partial charge < -0.3 is 14.6 Å². The summed E-state index contributed by atoms with van der Waals surface area (Å²) in [6, 6.07) is 5.31. The summed E-state index contributed by atoms with van der Waals surface area (Å²) in [6.45, 7) is 5.64. The molecule has 1 N–H and O–H groups in total. The number of carbonyl (C=O) groups is 1. The monoisotopic (exact) mass is 303 g/mol. The third kappa shape index (κ3) is 2.68. The fourth-order valence-corrected chi connectivity index (χ4v) is 3.04. The lowest BCUT2D eigenvalue weighted by Gasteiger charge is -2.32. The summed E-state index contributed by atoms with van der Waals surface area (Å²) in [5.41, 5.74) is 0.588. The van der Waals surface area contributed by atoms with Crippen molar-refractivity contribution in [2.24, 2.45) is 0 Å². The van der Waals surface area contributed by atoms with Gasteiger partial charge in [0.1, 0.15) is 23.1 Å². The van der Waals surface area contributed by atoms with Crippen LogP contribution in [0, 0.1) is 0 Å². The molecule has 2 aliphatic rings. The number of ether oxygens (including phenoxy) is 2. The van der Waals surface area contributed by atoms with Crippen LogP contribution in [-0.4, -0.2) is 47.3 Å². The highest BCUT2D eigenvalue weighted by atomic mass is 16.5. The molecule has 2 atom stereocenters. The van der Waals surface area contributed by atoms with Gasteiger partial charge in [-0.05, 0) is 38.1 Å². The van der Waals surface area contributed by atoms with Gasteiger partial charge >= 0.3 is 5.97 Å². The second-order valence-corrected chi connectivity index (χ2v) is 5.87. The Morgan fingerprint density at radius 2 is 2.36 bits per heavy atom. The molecule has 1 fully saturated rings. The van der Waals surface area contributed by atoms with E-state index < -0.39 is 17.6 Å². The first-order valence-corrected chi connectivity index (χ1v) is 7.65. The zero-order valence-electron chi connectivity index (χ0n) is 12.9. The summed E-state index contributed by atoms with van der Waals surface area (Å²) >= 11 is 0. The fourth-order valence-electron chi connectivity index (χ4n) is 3.04. The molecule has 22 heavy (non-hydrogen) atoms. The Labute approximate surface area is 130 Å². The van der Waals surface area contributed by atoms with Gasteiger partial charge in [0.25, 0.3) is 0 Å². The number of carboxylic acid groups (broad SMARTS) is 1. The third-order valence-electron chi connectivity index (χ3n) is 4.37. The van der Waals surface area contributed by atoms with Crippen molar-refractivity contribution in [2.45, 2.75) is 31.9 Å². The molecule has 1 aromatic carbocycles. The van der Waals surface area contributed by atoms with E-state index in [1.54, 1.807) is 6.92 Å². The lowest BCUT2D eigenvalue weighted by Crippen LogP contribution is -2.43. The molecule has 0 saturated carbocycles. The van der Waals surface area contributed by atoms with Crippen LogP contribution in [0.4, 0.5) is 0 Å². The third-order valence-corrected chi connectivity index (χ3v) is 4.37. The number of hydrogen-bond acceptors (Lipinski definition) is 4. The molecule has 2 aliphatic heterocycles. The summed E-state index contributed by atoms with van der Waals surface area (Å²) in [6.07, 6.45) is 4.91. The minimum absolute atomic E-state index is 0.413. The van der Waals surface area contributed by atoms with Crippen LogP contribution >= 0.6 is 0 Å². The molecule has 0 radical (unpaired) electrons. The molecule has 5 heteroatoms. The second-order valence-electron chi connectivity index (χ2n) is 5.87. The average molecular weight is 303 g/mol. The number of nitrogens with zero attached hydrogens (tertiary/aromatic N) is 1. The fraction of sp³-hybridized carbons (Fsp3) is 0.471. The van der Waals surface area contributed by atoms with Gasteiger partial charge in [0.05, 0.1) is 6.61 Å². The van der Waals surface area contributed by atoms with Gasteiger partial charge in [-0.3, -0.25) is 9.69 Å². The van der Waals surface area contributed by atoms with E-state index in [1.807, 2.05) is 30.0 Å². The van der Waals surface area contributed by atoms with E-state index in [-0.39, 0.29) is 0 Å². The molecule has 0 aromatic heterocycles. The second kappa shape index (κ2) is 5.65. The minimum Gasteiger partial charge on any atom is -0.494 e. The van der Waals surface area contributed by atoms with Crippen molar-refractivity contribution in [3.8, 4) is 11.5 Å². The summed E-state index contributed by atoms with van der Waals surface area (Å²) in [4.78, 5) is 13.1. The summed E-state index contributed by atoms with van der Waals surface area (Å²) in [7, 11) is 0. The molecule has 2 heterocycles. The average Bonchev–Trinajstić information content (AvgIpc) is 2.90. The van der Waals surface area contributed by atoms with Gasteiger partial charge in [-0.1, -0.05) is 6.08 Å². The topological polar surface area (TPSA) is 59.0 Å². The lowest BCUT2D eigenvalue weighted by atomic mass is 9.97. The zero-order valence-corrected chi connectivity index (χ0v) is 12.9. The van der Waals surface area contributed by atoms with Crippen LogP contribution in [0.3, 0.4) is 0 Å². The predicted octanol–water partition coefficient (Wildman–Crippen LogP) is 2.41. The van der Waals surface area contributed by atoms with E-state index in [4.69, 9.17) is 14.6 Å². The van der Waals surface area contributed by atoms with Crippen molar-refractivity contribution in [2.75, 3.05) is 19.7 Å². The highest BCUT2D eigenvalue weighted by molar-refractivity contribution is 5.73. The van der Waals surface area contributed by atoms with Crippen molar-refractivity contribution < 1.29 is 19.4 Å². The van der Waals surface area contributed by atoms with E-state index in [0.717, 1.165) is 30.0 Å². The van der Waals surface area contributed by atoms with Crippen LogP contribution in [-0.2, 0) is 4.79 Å². The standard InChI is InChI=1S/C17H21NO4/c1-3-21-14-4-5-15-13(10-14)6-7-17(22-15)8-9-18(11-17)12(2)16(19)20/h4-7,10,12H,3,8-9,11H2,1-2H3,(H,19,20). The highest BCUT2D eigenvalue weighted by Crippen LogP contribution is 2.38. The maximum atomic E-state index is 11.1. The Kier molecular flexibility index (Phi) is 3.83. The first-order chi connectivity index (χ1) is 10.5. The maximum Gasteiger partial charge on any atom is 0.320 e. The number of carboxylic acids is 1. The smallest absolute Gasteiger partial charge is 0.320 e. The SMILES string of the molecule is CCOc1ccc2c(c1)C=CC1(CCN(C(C)C(=O)O)C1)O2. The lowest BCUT2D eigenvalue weighted by molar-refractivity contribution is -0.142. The molecule has 0 aliphatic carbocycles.